The molecule has 0 spiro atoms. The van der Waals surface area contributed by atoms with Gasteiger partial charge in [0.05, 0.1) is 16.8 Å². The van der Waals surface area contributed by atoms with Gasteiger partial charge in [0.25, 0.3) is 0 Å². The van der Waals surface area contributed by atoms with Crippen LogP contribution in [0.4, 0.5) is 0 Å². The SMILES string of the molecule is C(=C\c1cn(Cc2ccccc2)nc1-c1cccnc1)/c1nc2ccccc2s1. The van der Waals surface area contributed by atoms with E-state index in [1.54, 1.807) is 17.5 Å². The van der Waals surface area contributed by atoms with Gasteiger partial charge in [-0.1, -0.05) is 42.5 Å². The zero-order chi connectivity index (χ0) is 19.5. The number of para-hydroxylation sites is 1. The summed E-state index contributed by atoms with van der Waals surface area (Å²) in [6.07, 6.45) is 9.87. The van der Waals surface area contributed by atoms with Crippen molar-refractivity contribution >= 4 is 33.7 Å². The fourth-order valence-corrected chi connectivity index (χ4v) is 4.13. The van der Waals surface area contributed by atoms with Crippen LogP contribution in [0.5, 0.6) is 0 Å². The Kier molecular flexibility index (Phi) is 4.72. The molecule has 5 heteroatoms. The highest BCUT2D eigenvalue weighted by Crippen LogP contribution is 2.26. The van der Waals surface area contributed by atoms with Crippen molar-refractivity contribution in [2.45, 2.75) is 6.54 Å². The third kappa shape index (κ3) is 3.86. The van der Waals surface area contributed by atoms with Gasteiger partial charge in [-0.3, -0.25) is 9.67 Å². The lowest BCUT2D eigenvalue weighted by molar-refractivity contribution is 0.689. The molecule has 2 aromatic carbocycles. The molecule has 5 rings (SSSR count). The molecule has 0 saturated carbocycles. The van der Waals surface area contributed by atoms with Crippen LogP contribution in [-0.2, 0) is 6.54 Å². The van der Waals surface area contributed by atoms with Crippen LogP contribution >= 0.6 is 11.3 Å². The Hall–Kier alpha value is -3.57. The molecule has 0 fully saturated rings. The number of hydrogen-bond donors (Lipinski definition) is 0. The lowest BCUT2D eigenvalue weighted by atomic mass is 10.1. The average molecular weight is 395 g/mol. The zero-order valence-corrected chi connectivity index (χ0v) is 16.5. The molecule has 0 unspecified atom stereocenters. The molecule has 5 aromatic rings. The minimum Gasteiger partial charge on any atom is -0.267 e. The van der Waals surface area contributed by atoms with Crippen molar-refractivity contribution in [3.63, 3.8) is 0 Å². The summed E-state index contributed by atoms with van der Waals surface area (Å²) in [4.78, 5) is 8.96. The molecule has 0 amide bonds. The number of nitrogens with zero attached hydrogens (tertiary/aromatic N) is 4. The lowest BCUT2D eigenvalue weighted by Gasteiger charge is -2.01. The third-order valence-corrected chi connectivity index (χ3v) is 5.63. The summed E-state index contributed by atoms with van der Waals surface area (Å²) in [5, 5.41) is 5.82. The Bertz CT molecular complexity index is 1240. The van der Waals surface area contributed by atoms with E-state index >= 15 is 0 Å². The molecule has 0 aliphatic rings. The first kappa shape index (κ1) is 17.5. The topological polar surface area (TPSA) is 43.6 Å². The number of thiazole rings is 1. The molecule has 0 atom stereocenters. The maximum Gasteiger partial charge on any atom is 0.117 e. The highest BCUT2D eigenvalue weighted by atomic mass is 32.1. The van der Waals surface area contributed by atoms with Gasteiger partial charge < -0.3 is 0 Å². The quantitative estimate of drug-likeness (QED) is 0.380. The fraction of sp³-hybridized carbons (Fsp3) is 0.0417. The number of hydrogen-bond acceptors (Lipinski definition) is 4. The maximum atomic E-state index is 4.84. The number of aromatic nitrogens is 4. The molecule has 0 saturated heterocycles. The first-order valence-electron chi connectivity index (χ1n) is 9.40. The van der Waals surface area contributed by atoms with E-state index in [0.29, 0.717) is 0 Å². The normalized spacial score (nSPS) is 11.4. The van der Waals surface area contributed by atoms with Crippen molar-refractivity contribution in [3.05, 3.63) is 101 Å². The largest absolute Gasteiger partial charge is 0.267 e. The number of pyridine rings is 1. The second-order valence-electron chi connectivity index (χ2n) is 6.71. The van der Waals surface area contributed by atoms with Gasteiger partial charge in [0.15, 0.2) is 0 Å². The van der Waals surface area contributed by atoms with Gasteiger partial charge in [0.1, 0.15) is 10.7 Å². The van der Waals surface area contributed by atoms with Gasteiger partial charge in [-0.15, -0.1) is 11.3 Å². The van der Waals surface area contributed by atoms with Crippen molar-refractivity contribution in [2.75, 3.05) is 0 Å². The minimum absolute atomic E-state index is 0.725. The van der Waals surface area contributed by atoms with Gasteiger partial charge in [-0.25, -0.2) is 4.98 Å². The molecule has 0 radical (unpaired) electrons. The Balaban J connectivity index is 1.51. The number of fused-ring (bicyclic) bond motifs is 1. The molecule has 0 aliphatic heterocycles. The summed E-state index contributed by atoms with van der Waals surface area (Å²) >= 11 is 1.69. The number of rotatable bonds is 5. The molecular weight excluding hydrogens is 376 g/mol. The highest BCUT2D eigenvalue weighted by molar-refractivity contribution is 7.19. The van der Waals surface area contributed by atoms with Crippen molar-refractivity contribution in [2.24, 2.45) is 0 Å². The third-order valence-electron chi connectivity index (χ3n) is 4.63. The van der Waals surface area contributed by atoms with Crippen LogP contribution < -0.4 is 0 Å². The Labute approximate surface area is 172 Å². The van der Waals surface area contributed by atoms with E-state index in [2.05, 4.69) is 53.7 Å². The summed E-state index contributed by atoms with van der Waals surface area (Å²) in [6, 6.07) is 22.5. The van der Waals surface area contributed by atoms with Crippen molar-refractivity contribution < 1.29 is 0 Å². The van der Waals surface area contributed by atoms with Gasteiger partial charge in [0, 0.05) is 29.7 Å². The first-order valence-corrected chi connectivity index (χ1v) is 10.2. The summed E-state index contributed by atoms with van der Waals surface area (Å²) in [6.45, 7) is 0.725. The van der Waals surface area contributed by atoms with Crippen LogP contribution in [0.2, 0.25) is 0 Å². The Morgan fingerprint density at radius 1 is 0.897 bits per heavy atom. The molecule has 29 heavy (non-hydrogen) atoms. The summed E-state index contributed by atoms with van der Waals surface area (Å²) in [7, 11) is 0. The monoisotopic (exact) mass is 394 g/mol. The summed E-state index contributed by atoms with van der Waals surface area (Å²) < 4.78 is 3.18. The van der Waals surface area contributed by atoms with Gasteiger partial charge in [-0.2, -0.15) is 5.10 Å². The van der Waals surface area contributed by atoms with Crippen LogP contribution in [0.1, 0.15) is 16.1 Å². The molecule has 3 aromatic heterocycles. The maximum absolute atomic E-state index is 4.84. The van der Waals surface area contributed by atoms with E-state index in [0.717, 1.165) is 33.9 Å². The zero-order valence-electron chi connectivity index (χ0n) is 15.6. The smallest absolute Gasteiger partial charge is 0.117 e. The van der Waals surface area contributed by atoms with Crippen LogP contribution in [0.3, 0.4) is 0 Å². The second-order valence-corrected chi connectivity index (χ2v) is 7.77. The second kappa shape index (κ2) is 7.81. The van der Waals surface area contributed by atoms with Crippen LogP contribution in [-0.4, -0.2) is 19.7 Å². The van der Waals surface area contributed by atoms with E-state index in [4.69, 9.17) is 10.1 Å². The van der Waals surface area contributed by atoms with E-state index in [9.17, 15) is 0 Å². The molecular formula is C24H18N4S. The van der Waals surface area contributed by atoms with E-state index < -0.39 is 0 Å². The standard InChI is InChI=1S/C24H18N4S/c1-2-7-18(8-3-1)16-28-17-20(24(27-28)19-9-6-14-25-15-19)12-13-23-26-21-10-4-5-11-22(21)29-23/h1-15,17H,16H2/b13-12+. The Morgan fingerprint density at radius 3 is 2.59 bits per heavy atom. The summed E-state index contributed by atoms with van der Waals surface area (Å²) in [5.74, 6) is 0. The predicted octanol–water partition coefficient (Wildman–Crippen LogP) is 5.77. The minimum atomic E-state index is 0.725. The molecule has 140 valence electrons. The first-order chi connectivity index (χ1) is 14.3. The van der Waals surface area contributed by atoms with E-state index in [-0.39, 0.29) is 0 Å². The van der Waals surface area contributed by atoms with E-state index in [1.807, 2.05) is 47.3 Å². The van der Waals surface area contributed by atoms with Crippen molar-refractivity contribution in [1.29, 1.82) is 0 Å². The van der Waals surface area contributed by atoms with Gasteiger partial charge in [0.2, 0.25) is 0 Å². The van der Waals surface area contributed by atoms with Crippen molar-refractivity contribution in [3.8, 4) is 11.3 Å². The molecule has 3 heterocycles. The lowest BCUT2D eigenvalue weighted by Crippen LogP contribution is -2.00. The van der Waals surface area contributed by atoms with Crippen LogP contribution in [0.15, 0.2) is 85.3 Å². The van der Waals surface area contributed by atoms with Crippen LogP contribution in [0, 0.1) is 0 Å². The highest BCUT2D eigenvalue weighted by Gasteiger charge is 2.10. The predicted molar refractivity (Wildman–Crippen MR) is 120 cm³/mol. The summed E-state index contributed by atoms with van der Waals surface area (Å²) in [5.41, 5.74) is 5.22. The van der Waals surface area contributed by atoms with Crippen LogP contribution in [0.25, 0.3) is 33.6 Å². The molecule has 0 N–H and O–H groups in total. The fourth-order valence-electron chi connectivity index (χ4n) is 3.26. The van der Waals surface area contributed by atoms with Crippen molar-refractivity contribution in [1.82, 2.24) is 19.7 Å². The van der Waals surface area contributed by atoms with Gasteiger partial charge in [-0.05, 0) is 42.0 Å². The number of benzene rings is 2. The molecule has 0 bridgehead atoms. The van der Waals surface area contributed by atoms with E-state index in [1.165, 1.54) is 10.3 Å². The average Bonchev–Trinajstić information content (AvgIpc) is 3.37. The molecule has 0 aliphatic carbocycles. The van der Waals surface area contributed by atoms with Gasteiger partial charge >= 0.3 is 0 Å². The Morgan fingerprint density at radius 2 is 1.76 bits per heavy atom. The molecule has 4 nitrogen and oxygen atoms in total.